The van der Waals surface area contributed by atoms with Gasteiger partial charge in [-0.15, -0.1) is 11.6 Å². The summed E-state index contributed by atoms with van der Waals surface area (Å²) in [5, 5.41) is -0.900. The van der Waals surface area contributed by atoms with Gasteiger partial charge in [-0.05, 0) is 42.8 Å². The standard InChI is InChI=1S/C11H10ClF3OS/c1-6-3-4-8(10(12)7(2)16)5-9(6)17-11(13,14)15/h3-5,10H,1-2H3. The van der Waals surface area contributed by atoms with Crippen LogP contribution in [0.15, 0.2) is 23.1 Å². The molecule has 0 amide bonds. The number of carbonyl (C=O) groups is 1. The van der Waals surface area contributed by atoms with Gasteiger partial charge in [-0.1, -0.05) is 12.1 Å². The van der Waals surface area contributed by atoms with E-state index in [-0.39, 0.29) is 22.4 Å². The molecule has 6 heteroatoms. The van der Waals surface area contributed by atoms with Crippen molar-refractivity contribution in [3.05, 3.63) is 29.3 Å². The number of ketones is 1. The Balaban J connectivity index is 3.06. The zero-order valence-corrected chi connectivity index (χ0v) is 10.7. The molecule has 0 heterocycles. The van der Waals surface area contributed by atoms with E-state index in [0.29, 0.717) is 11.1 Å². The Hall–Kier alpha value is -0.680. The van der Waals surface area contributed by atoms with Crippen LogP contribution in [-0.4, -0.2) is 11.3 Å². The van der Waals surface area contributed by atoms with Crippen LogP contribution in [0.4, 0.5) is 13.2 Å². The average molecular weight is 283 g/mol. The van der Waals surface area contributed by atoms with Gasteiger partial charge in [0, 0.05) is 4.90 Å². The lowest BCUT2D eigenvalue weighted by Gasteiger charge is -2.12. The highest BCUT2D eigenvalue weighted by Crippen LogP contribution is 2.39. The SMILES string of the molecule is CC(=O)C(Cl)c1ccc(C)c(SC(F)(F)F)c1. The number of rotatable bonds is 3. The average Bonchev–Trinajstić information content (AvgIpc) is 2.18. The van der Waals surface area contributed by atoms with Crippen LogP contribution in [0.25, 0.3) is 0 Å². The lowest BCUT2D eigenvalue weighted by molar-refractivity contribution is -0.116. The number of hydrogen-bond donors (Lipinski definition) is 0. The van der Waals surface area contributed by atoms with Gasteiger partial charge in [-0.25, -0.2) is 0 Å². The Bertz CT molecular complexity index is 431. The molecule has 0 aromatic heterocycles. The first-order valence-electron chi connectivity index (χ1n) is 4.71. The number of carbonyl (C=O) groups excluding carboxylic acids is 1. The summed E-state index contributed by atoms with van der Waals surface area (Å²) in [5.41, 5.74) is -3.46. The monoisotopic (exact) mass is 282 g/mol. The van der Waals surface area contributed by atoms with Crippen molar-refractivity contribution in [3.63, 3.8) is 0 Å². The van der Waals surface area contributed by atoms with Gasteiger partial charge in [0.25, 0.3) is 0 Å². The van der Waals surface area contributed by atoms with Gasteiger partial charge >= 0.3 is 5.51 Å². The molecule has 1 atom stereocenters. The molecule has 0 radical (unpaired) electrons. The van der Waals surface area contributed by atoms with E-state index >= 15 is 0 Å². The summed E-state index contributed by atoms with van der Waals surface area (Å²) in [4.78, 5) is 11.1. The van der Waals surface area contributed by atoms with Crippen LogP contribution in [0.3, 0.4) is 0 Å². The minimum Gasteiger partial charge on any atom is -0.298 e. The van der Waals surface area contributed by atoms with E-state index in [2.05, 4.69) is 0 Å². The highest BCUT2D eigenvalue weighted by atomic mass is 35.5. The third-order valence-corrected chi connectivity index (χ3v) is 3.54. The molecule has 1 aromatic carbocycles. The molecule has 1 rings (SSSR count). The fourth-order valence-electron chi connectivity index (χ4n) is 1.24. The predicted molar refractivity (Wildman–Crippen MR) is 62.4 cm³/mol. The van der Waals surface area contributed by atoms with Gasteiger partial charge in [0.2, 0.25) is 0 Å². The maximum Gasteiger partial charge on any atom is 0.446 e. The summed E-state index contributed by atoms with van der Waals surface area (Å²) < 4.78 is 36.8. The summed E-state index contributed by atoms with van der Waals surface area (Å²) in [6.07, 6.45) is 0. The highest BCUT2D eigenvalue weighted by Gasteiger charge is 2.30. The van der Waals surface area contributed by atoms with E-state index in [9.17, 15) is 18.0 Å². The summed E-state index contributed by atoms with van der Waals surface area (Å²) in [5.74, 6) is -0.293. The molecule has 0 aliphatic carbocycles. The van der Waals surface area contributed by atoms with Gasteiger partial charge in [0.1, 0.15) is 5.38 Å². The first-order chi connectivity index (χ1) is 7.70. The predicted octanol–water partition coefficient (Wildman–Crippen LogP) is 4.48. The Morgan fingerprint density at radius 3 is 2.47 bits per heavy atom. The Kier molecular flexibility index (Phi) is 4.49. The van der Waals surface area contributed by atoms with Gasteiger partial charge in [-0.2, -0.15) is 13.2 Å². The molecule has 0 saturated heterocycles. The molecular formula is C11H10ClF3OS. The van der Waals surface area contributed by atoms with Crippen LogP contribution in [0.2, 0.25) is 0 Å². The highest BCUT2D eigenvalue weighted by molar-refractivity contribution is 8.00. The number of alkyl halides is 4. The van der Waals surface area contributed by atoms with Gasteiger partial charge in [-0.3, -0.25) is 4.79 Å². The summed E-state index contributed by atoms with van der Waals surface area (Å²) >= 11 is 5.60. The Morgan fingerprint density at radius 1 is 1.41 bits per heavy atom. The molecule has 0 saturated carbocycles. The number of thioether (sulfide) groups is 1. The van der Waals surface area contributed by atoms with Crippen LogP contribution in [-0.2, 0) is 4.79 Å². The molecule has 0 spiro atoms. The third kappa shape index (κ3) is 4.24. The third-order valence-electron chi connectivity index (χ3n) is 2.09. The molecule has 0 aliphatic rings. The second-order valence-corrected chi connectivity index (χ2v) is 5.09. The second kappa shape index (κ2) is 5.31. The number of hydrogen-bond acceptors (Lipinski definition) is 2. The number of halogens is 4. The molecule has 94 valence electrons. The van der Waals surface area contributed by atoms with Crippen LogP contribution < -0.4 is 0 Å². The zero-order valence-electron chi connectivity index (χ0n) is 9.14. The lowest BCUT2D eigenvalue weighted by Crippen LogP contribution is -2.04. The quantitative estimate of drug-likeness (QED) is 0.601. The van der Waals surface area contributed by atoms with Gasteiger partial charge in [0.05, 0.1) is 0 Å². The number of Topliss-reactive ketones (excluding diaryl/α,β-unsaturated/α-hetero) is 1. The van der Waals surface area contributed by atoms with Crippen LogP contribution in [0.5, 0.6) is 0 Å². The van der Waals surface area contributed by atoms with Crippen molar-refractivity contribution in [1.82, 2.24) is 0 Å². The van der Waals surface area contributed by atoms with Crippen molar-refractivity contribution >= 4 is 29.1 Å². The molecule has 1 aromatic rings. The molecule has 17 heavy (non-hydrogen) atoms. The minimum absolute atomic E-state index is 0.0712. The first-order valence-corrected chi connectivity index (χ1v) is 5.97. The molecule has 0 N–H and O–H groups in total. The van der Waals surface area contributed by atoms with E-state index < -0.39 is 10.9 Å². The van der Waals surface area contributed by atoms with Crippen molar-refractivity contribution in [2.75, 3.05) is 0 Å². The summed E-state index contributed by atoms with van der Waals surface area (Å²) in [6, 6.07) is 4.41. The van der Waals surface area contributed by atoms with E-state index in [0.717, 1.165) is 0 Å². The van der Waals surface area contributed by atoms with Crippen molar-refractivity contribution in [2.45, 2.75) is 29.6 Å². The van der Waals surface area contributed by atoms with E-state index in [1.807, 2.05) is 0 Å². The topological polar surface area (TPSA) is 17.1 Å². The van der Waals surface area contributed by atoms with Crippen LogP contribution in [0.1, 0.15) is 23.4 Å². The normalized spacial score (nSPS) is 13.5. The second-order valence-electron chi connectivity index (χ2n) is 3.55. The molecule has 0 fully saturated rings. The smallest absolute Gasteiger partial charge is 0.298 e. The van der Waals surface area contributed by atoms with Crippen LogP contribution >= 0.6 is 23.4 Å². The molecular weight excluding hydrogens is 273 g/mol. The molecule has 1 nitrogen and oxygen atoms in total. The first kappa shape index (κ1) is 14.4. The van der Waals surface area contributed by atoms with Crippen molar-refractivity contribution < 1.29 is 18.0 Å². The van der Waals surface area contributed by atoms with E-state index in [4.69, 9.17) is 11.6 Å². The molecule has 0 bridgehead atoms. The number of aryl methyl sites for hydroxylation is 1. The van der Waals surface area contributed by atoms with E-state index in [1.165, 1.54) is 19.1 Å². The van der Waals surface area contributed by atoms with E-state index in [1.54, 1.807) is 13.0 Å². The van der Waals surface area contributed by atoms with Gasteiger partial charge in [0.15, 0.2) is 5.78 Å². The maximum atomic E-state index is 12.3. The fourth-order valence-corrected chi connectivity index (χ4v) is 2.05. The minimum atomic E-state index is -4.35. The van der Waals surface area contributed by atoms with Gasteiger partial charge < -0.3 is 0 Å². The maximum absolute atomic E-state index is 12.3. The van der Waals surface area contributed by atoms with Crippen molar-refractivity contribution in [1.29, 1.82) is 0 Å². The molecule has 0 aliphatic heterocycles. The molecule has 1 unspecified atom stereocenters. The van der Waals surface area contributed by atoms with Crippen LogP contribution in [0, 0.1) is 6.92 Å². The Labute approximate surface area is 106 Å². The number of benzene rings is 1. The van der Waals surface area contributed by atoms with Crippen molar-refractivity contribution in [3.8, 4) is 0 Å². The lowest BCUT2D eigenvalue weighted by atomic mass is 10.1. The van der Waals surface area contributed by atoms with Crippen molar-refractivity contribution in [2.24, 2.45) is 0 Å². The largest absolute Gasteiger partial charge is 0.446 e. The Morgan fingerprint density at radius 2 is 2.00 bits per heavy atom. The zero-order chi connectivity index (χ0) is 13.2. The summed E-state index contributed by atoms with van der Waals surface area (Å²) in [6.45, 7) is 2.88. The summed E-state index contributed by atoms with van der Waals surface area (Å²) in [7, 11) is 0. The fraction of sp³-hybridized carbons (Fsp3) is 0.364.